The highest BCUT2D eigenvalue weighted by molar-refractivity contribution is 5.36. The zero-order valence-electron chi connectivity index (χ0n) is 9.69. The molecule has 1 unspecified atom stereocenters. The van der Waals surface area contributed by atoms with Gasteiger partial charge in [-0.3, -0.25) is 0 Å². The Balaban J connectivity index is 1.80. The minimum absolute atomic E-state index is 0.436. The molecule has 0 spiro atoms. The first-order chi connectivity index (χ1) is 7.95. The summed E-state index contributed by atoms with van der Waals surface area (Å²) in [4.78, 5) is 0. The summed E-state index contributed by atoms with van der Waals surface area (Å²) in [5.74, 6) is 2.36. The van der Waals surface area contributed by atoms with Gasteiger partial charge in [0.05, 0.1) is 12.7 Å². The summed E-state index contributed by atoms with van der Waals surface area (Å²) in [6.45, 7) is 0.945. The molecule has 85 valence electrons. The van der Waals surface area contributed by atoms with Crippen molar-refractivity contribution in [3.8, 4) is 0 Å². The molecule has 2 fully saturated rings. The number of hydrogen-bond acceptors (Lipinski definition) is 1. The highest BCUT2D eigenvalue weighted by Crippen LogP contribution is 2.41. The van der Waals surface area contributed by atoms with Crippen LogP contribution in [0.4, 0.5) is 0 Å². The molecule has 0 N–H and O–H groups in total. The summed E-state index contributed by atoms with van der Waals surface area (Å²) >= 11 is 0. The minimum atomic E-state index is 0.436. The third kappa shape index (κ3) is 2.15. The SMILES string of the molecule is c1ccc([C](C2CCCCC2)C2CO2)cc1. The summed E-state index contributed by atoms with van der Waals surface area (Å²) in [5.41, 5.74) is 1.41. The van der Waals surface area contributed by atoms with Crippen LogP contribution in [0.1, 0.15) is 37.7 Å². The van der Waals surface area contributed by atoms with Crippen LogP contribution >= 0.6 is 0 Å². The van der Waals surface area contributed by atoms with Crippen LogP contribution in [-0.2, 0) is 4.74 Å². The molecule has 0 amide bonds. The maximum atomic E-state index is 5.54. The van der Waals surface area contributed by atoms with Crippen molar-refractivity contribution in [2.24, 2.45) is 5.92 Å². The van der Waals surface area contributed by atoms with E-state index in [0.29, 0.717) is 6.10 Å². The van der Waals surface area contributed by atoms with Gasteiger partial charge in [0.1, 0.15) is 0 Å². The van der Waals surface area contributed by atoms with E-state index < -0.39 is 0 Å². The van der Waals surface area contributed by atoms with Crippen LogP contribution in [0.25, 0.3) is 0 Å². The van der Waals surface area contributed by atoms with Gasteiger partial charge in [-0.05, 0) is 24.3 Å². The molecular formula is C15H19O. The second-order valence-corrected chi connectivity index (χ2v) is 4.98. The van der Waals surface area contributed by atoms with Crippen molar-refractivity contribution < 1.29 is 4.74 Å². The Labute approximate surface area is 97.8 Å². The summed E-state index contributed by atoms with van der Waals surface area (Å²) in [6.07, 6.45) is 7.38. The molecule has 1 aromatic rings. The predicted octanol–water partition coefficient (Wildman–Crippen LogP) is 3.59. The van der Waals surface area contributed by atoms with E-state index in [1.54, 1.807) is 5.92 Å². The molecule has 1 saturated carbocycles. The average molecular weight is 215 g/mol. The van der Waals surface area contributed by atoms with E-state index >= 15 is 0 Å². The van der Waals surface area contributed by atoms with Gasteiger partial charge in [0, 0.05) is 5.92 Å². The van der Waals surface area contributed by atoms with Gasteiger partial charge >= 0.3 is 0 Å². The van der Waals surface area contributed by atoms with Gasteiger partial charge in [0.25, 0.3) is 0 Å². The van der Waals surface area contributed by atoms with Crippen LogP contribution < -0.4 is 0 Å². The zero-order chi connectivity index (χ0) is 10.8. The van der Waals surface area contributed by atoms with Gasteiger partial charge in [-0.2, -0.15) is 0 Å². The third-order valence-electron chi connectivity index (χ3n) is 3.83. The Kier molecular flexibility index (Phi) is 2.96. The molecule has 1 saturated heterocycles. The first-order valence-corrected chi connectivity index (χ1v) is 6.49. The van der Waals surface area contributed by atoms with Gasteiger partial charge in [0.15, 0.2) is 0 Å². The Bertz CT molecular complexity index is 323. The van der Waals surface area contributed by atoms with Crippen LogP contribution in [-0.4, -0.2) is 12.7 Å². The van der Waals surface area contributed by atoms with Crippen LogP contribution in [0.5, 0.6) is 0 Å². The van der Waals surface area contributed by atoms with Gasteiger partial charge < -0.3 is 4.74 Å². The number of ether oxygens (including phenoxy) is 1. The molecule has 1 aromatic carbocycles. The van der Waals surface area contributed by atoms with Crippen LogP contribution in [0, 0.1) is 11.8 Å². The summed E-state index contributed by atoms with van der Waals surface area (Å²) in [6, 6.07) is 10.9. The normalized spacial score (nSPS) is 25.9. The molecule has 1 heteroatoms. The van der Waals surface area contributed by atoms with E-state index in [2.05, 4.69) is 30.3 Å². The Morgan fingerprint density at radius 3 is 2.31 bits per heavy atom. The molecule has 2 aliphatic rings. The smallest absolute Gasteiger partial charge is 0.0918 e. The van der Waals surface area contributed by atoms with Crippen molar-refractivity contribution in [1.29, 1.82) is 0 Å². The minimum Gasteiger partial charge on any atom is -0.372 e. The van der Waals surface area contributed by atoms with Crippen LogP contribution in [0.3, 0.4) is 0 Å². The lowest BCUT2D eigenvalue weighted by Crippen LogP contribution is -2.21. The van der Waals surface area contributed by atoms with Crippen molar-refractivity contribution in [2.75, 3.05) is 6.61 Å². The number of rotatable bonds is 3. The van der Waals surface area contributed by atoms with Gasteiger partial charge in [0.2, 0.25) is 0 Å². The van der Waals surface area contributed by atoms with Crippen molar-refractivity contribution in [1.82, 2.24) is 0 Å². The molecule has 1 atom stereocenters. The highest BCUT2D eigenvalue weighted by Gasteiger charge is 2.39. The van der Waals surface area contributed by atoms with Crippen molar-refractivity contribution in [3.05, 3.63) is 41.8 Å². The number of hydrogen-bond donors (Lipinski definition) is 0. The number of benzene rings is 1. The first-order valence-electron chi connectivity index (χ1n) is 6.49. The van der Waals surface area contributed by atoms with Crippen molar-refractivity contribution in [3.63, 3.8) is 0 Å². The van der Waals surface area contributed by atoms with E-state index in [0.717, 1.165) is 12.5 Å². The largest absolute Gasteiger partial charge is 0.372 e. The van der Waals surface area contributed by atoms with E-state index in [4.69, 9.17) is 4.74 Å². The predicted molar refractivity (Wildman–Crippen MR) is 65.1 cm³/mol. The van der Waals surface area contributed by atoms with Gasteiger partial charge in [-0.25, -0.2) is 0 Å². The summed E-state index contributed by atoms with van der Waals surface area (Å²) < 4.78 is 5.54. The fourth-order valence-corrected chi connectivity index (χ4v) is 2.96. The molecule has 1 nitrogen and oxygen atoms in total. The maximum Gasteiger partial charge on any atom is 0.0918 e. The van der Waals surface area contributed by atoms with Crippen molar-refractivity contribution in [2.45, 2.75) is 38.2 Å². The molecule has 0 aromatic heterocycles. The summed E-state index contributed by atoms with van der Waals surface area (Å²) in [7, 11) is 0. The Morgan fingerprint density at radius 1 is 1.00 bits per heavy atom. The van der Waals surface area contributed by atoms with E-state index in [1.165, 1.54) is 37.7 Å². The second kappa shape index (κ2) is 4.58. The molecule has 1 aliphatic heterocycles. The molecular weight excluding hydrogens is 196 g/mol. The van der Waals surface area contributed by atoms with Crippen molar-refractivity contribution >= 4 is 0 Å². The third-order valence-corrected chi connectivity index (χ3v) is 3.83. The fourth-order valence-electron chi connectivity index (χ4n) is 2.96. The first kappa shape index (κ1) is 10.3. The summed E-state index contributed by atoms with van der Waals surface area (Å²) in [5, 5.41) is 0. The molecule has 1 aliphatic carbocycles. The van der Waals surface area contributed by atoms with Crippen LogP contribution in [0.15, 0.2) is 30.3 Å². The van der Waals surface area contributed by atoms with Gasteiger partial charge in [-0.15, -0.1) is 0 Å². The molecule has 1 radical (unpaired) electrons. The fraction of sp³-hybridized carbons (Fsp3) is 0.533. The standard InChI is InChI=1S/C15H19O/c1-3-7-12(8-4-1)15(14-11-16-14)13-9-5-2-6-10-13/h1,3-4,7-8,13-14H,2,5-6,9-11H2. The van der Waals surface area contributed by atoms with E-state index in [1.807, 2.05) is 0 Å². The lowest BCUT2D eigenvalue weighted by molar-refractivity contribution is 0.329. The highest BCUT2D eigenvalue weighted by atomic mass is 16.6. The Hall–Kier alpha value is -0.820. The monoisotopic (exact) mass is 215 g/mol. The van der Waals surface area contributed by atoms with Gasteiger partial charge in [-0.1, -0.05) is 49.6 Å². The molecule has 1 heterocycles. The molecule has 3 rings (SSSR count). The maximum absolute atomic E-state index is 5.54. The second-order valence-electron chi connectivity index (χ2n) is 4.98. The average Bonchev–Trinajstić information content (AvgIpc) is 3.17. The zero-order valence-corrected chi connectivity index (χ0v) is 9.69. The lowest BCUT2D eigenvalue weighted by Gasteiger charge is -2.29. The molecule has 0 bridgehead atoms. The van der Waals surface area contributed by atoms with E-state index in [9.17, 15) is 0 Å². The van der Waals surface area contributed by atoms with E-state index in [-0.39, 0.29) is 0 Å². The quantitative estimate of drug-likeness (QED) is 0.702. The molecule has 16 heavy (non-hydrogen) atoms. The topological polar surface area (TPSA) is 12.5 Å². The Morgan fingerprint density at radius 2 is 1.69 bits per heavy atom. The van der Waals surface area contributed by atoms with Crippen LogP contribution in [0.2, 0.25) is 0 Å². The number of epoxide rings is 1. The lowest BCUT2D eigenvalue weighted by atomic mass is 9.75.